The molecule has 0 aliphatic carbocycles. The molecule has 0 N–H and O–H groups in total. The third kappa shape index (κ3) is 6.60. The highest BCUT2D eigenvalue weighted by Gasteiger charge is 2.21. The van der Waals surface area contributed by atoms with Crippen molar-refractivity contribution in [1.29, 1.82) is 0 Å². The number of aryl methyl sites for hydroxylation is 2. The minimum Gasteiger partial charge on any atom is -0.467 e. The minimum absolute atomic E-state index is 0.0513. The van der Waals surface area contributed by atoms with E-state index in [0.717, 1.165) is 17.9 Å². The van der Waals surface area contributed by atoms with Crippen LogP contribution in [-0.4, -0.2) is 13.9 Å². The molecular formula is C33H38NO2P. The highest BCUT2D eigenvalue weighted by Crippen LogP contribution is 2.33. The molecule has 1 atom stereocenters. The largest absolute Gasteiger partial charge is 0.467 e. The van der Waals surface area contributed by atoms with Crippen molar-refractivity contribution in [2.75, 3.05) is 18.8 Å². The van der Waals surface area contributed by atoms with Crippen LogP contribution in [-0.2, 0) is 16.7 Å². The molecule has 192 valence electrons. The average molecular weight is 512 g/mol. The van der Waals surface area contributed by atoms with Crippen LogP contribution in [0.3, 0.4) is 0 Å². The van der Waals surface area contributed by atoms with Crippen molar-refractivity contribution >= 4 is 30.6 Å². The van der Waals surface area contributed by atoms with E-state index < -0.39 is 0 Å². The summed E-state index contributed by atoms with van der Waals surface area (Å²) in [4.78, 5) is 2.39. The number of anilines is 2. The molecule has 0 aliphatic heterocycles. The number of ether oxygens (including phenoxy) is 2. The van der Waals surface area contributed by atoms with Crippen molar-refractivity contribution in [3.8, 4) is 5.75 Å². The second-order valence-electron chi connectivity index (χ2n) is 10.5. The first-order valence-corrected chi connectivity index (χ1v) is 13.8. The number of para-hydroxylation sites is 2. The Balaban J connectivity index is 1.78. The van der Waals surface area contributed by atoms with Gasteiger partial charge in [0.15, 0.2) is 6.79 Å². The van der Waals surface area contributed by atoms with Crippen LogP contribution in [0.5, 0.6) is 5.75 Å². The molecule has 1 unspecified atom stereocenters. The van der Waals surface area contributed by atoms with Crippen LogP contribution in [0.15, 0.2) is 91.0 Å². The number of benzene rings is 4. The lowest BCUT2D eigenvalue weighted by atomic mass is 9.86. The first-order chi connectivity index (χ1) is 17.8. The Bertz CT molecular complexity index is 1270. The van der Waals surface area contributed by atoms with E-state index >= 15 is 0 Å². The van der Waals surface area contributed by atoms with Crippen molar-refractivity contribution in [2.24, 2.45) is 0 Å². The maximum atomic E-state index is 6.13. The summed E-state index contributed by atoms with van der Waals surface area (Å²) in [6.07, 6.45) is 0. The monoisotopic (exact) mass is 511 g/mol. The van der Waals surface area contributed by atoms with Gasteiger partial charge in [-0.05, 0) is 77.2 Å². The Kier molecular flexibility index (Phi) is 8.69. The lowest BCUT2D eigenvalue weighted by Gasteiger charge is -2.27. The summed E-state index contributed by atoms with van der Waals surface area (Å²) in [6, 6.07) is 32.5. The summed E-state index contributed by atoms with van der Waals surface area (Å²) in [5.74, 6) is 0.936. The molecule has 4 aromatic carbocycles. The molecule has 37 heavy (non-hydrogen) atoms. The van der Waals surface area contributed by atoms with Crippen LogP contribution < -0.4 is 20.2 Å². The molecule has 4 heteroatoms. The van der Waals surface area contributed by atoms with Crippen LogP contribution in [0.4, 0.5) is 11.4 Å². The Morgan fingerprint density at radius 2 is 1.38 bits per heavy atom. The Labute approximate surface area is 224 Å². The van der Waals surface area contributed by atoms with Gasteiger partial charge in [-0.25, -0.2) is 0 Å². The molecule has 0 saturated heterocycles. The number of hydrogen-bond acceptors (Lipinski definition) is 3. The number of nitrogens with zero attached hydrogens (tertiary/aromatic N) is 1. The standard InChI is InChI=1S/C33H38NO2P/c1-24-14-13-15-26(22-34(28-16-9-7-10-17-28)29-18-11-8-12-19-29)32(24)37-30-21-27(33(3,4)5)20-25(2)31(30)36-23-35-6/h7-21,37H,22-23H2,1-6H3. The van der Waals surface area contributed by atoms with Gasteiger partial charge in [0.1, 0.15) is 5.75 Å². The summed E-state index contributed by atoms with van der Waals surface area (Å²) in [6.45, 7) is 12.2. The molecule has 0 fully saturated rings. The van der Waals surface area contributed by atoms with Gasteiger partial charge in [0, 0.05) is 30.3 Å². The van der Waals surface area contributed by atoms with Crippen LogP contribution in [0.2, 0.25) is 0 Å². The summed E-state index contributed by atoms with van der Waals surface area (Å²) in [5, 5.41) is 2.59. The predicted molar refractivity (Wildman–Crippen MR) is 160 cm³/mol. The molecule has 0 aliphatic rings. The first-order valence-electron chi connectivity index (χ1n) is 12.8. The maximum absolute atomic E-state index is 6.13. The number of rotatable bonds is 9. The van der Waals surface area contributed by atoms with E-state index in [0.29, 0.717) is 8.58 Å². The lowest BCUT2D eigenvalue weighted by Crippen LogP contribution is -2.23. The van der Waals surface area contributed by atoms with Gasteiger partial charge in [0.05, 0.1) is 0 Å². The SMILES string of the molecule is COCOc1c(C)cc(C(C)(C)C)cc1Pc1c(C)cccc1CN(c1ccccc1)c1ccccc1. The van der Waals surface area contributed by atoms with Gasteiger partial charge in [0.2, 0.25) is 0 Å². The zero-order valence-corrected chi connectivity index (χ0v) is 23.8. The molecule has 0 radical (unpaired) electrons. The average Bonchev–Trinajstić information content (AvgIpc) is 2.89. The van der Waals surface area contributed by atoms with E-state index in [9.17, 15) is 0 Å². The Morgan fingerprint density at radius 3 is 1.95 bits per heavy atom. The van der Waals surface area contributed by atoms with Gasteiger partial charge < -0.3 is 14.4 Å². The molecule has 0 bridgehead atoms. The third-order valence-electron chi connectivity index (χ3n) is 6.54. The number of hydrogen-bond donors (Lipinski definition) is 0. The molecule has 0 heterocycles. The van der Waals surface area contributed by atoms with Crippen molar-refractivity contribution in [1.82, 2.24) is 0 Å². The minimum atomic E-state index is 0.0513. The van der Waals surface area contributed by atoms with Gasteiger partial charge >= 0.3 is 0 Å². The molecule has 0 aromatic heterocycles. The molecule has 4 rings (SSSR count). The van der Waals surface area contributed by atoms with Crippen LogP contribution in [0.1, 0.15) is 43.0 Å². The van der Waals surface area contributed by atoms with Crippen LogP contribution in [0.25, 0.3) is 0 Å². The molecule has 0 amide bonds. The van der Waals surface area contributed by atoms with E-state index in [-0.39, 0.29) is 12.2 Å². The van der Waals surface area contributed by atoms with Gasteiger partial charge in [-0.15, -0.1) is 0 Å². The fourth-order valence-electron chi connectivity index (χ4n) is 4.50. The van der Waals surface area contributed by atoms with Gasteiger partial charge in [0.25, 0.3) is 0 Å². The highest BCUT2D eigenvalue weighted by atomic mass is 31.1. The fraction of sp³-hybridized carbons (Fsp3) is 0.273. The maximum Gasteiger partial charge on any atom is 0.188 e. The Morgan fingerprint density at radius 1 is 0.757 bits per heavy atom. The Hall–Kier alpha value is -3.13. The summed E-state index contributed by atoms with van der Waals surface area (Å²) >= 11 is 0. The molecule has 3 nitrogen and oxygen atoms in total. The molecular weight excluding hydrogens is 473 g/mol. The molecule has 0 saturated carbocycles. The fourth-order valence-corrected chi connectivity index (χ4v) is 5.98. The van der Waals surface area contributed by atoms with Crippen molar-refractivity contribution in [3.63, 3.8) is 0 Å². The van der Waals surface area contributed by atoms with Crippen molar-refractivity contribution < 1.29 is 9.47 Å². The smallest absolute Gasteiger partial charge is 0.188 e. The third-order valence-corrected chi connectivity index (χ3v) is 8.15. The van der Waals surface area contributed by atoms with E-state index in [1.54, 1.807) is 7.11 Å². The van der Waals surface area contributed by atoms with E-state index in [2.05, 4.69) is 131 Å². The lowest BCUT2D eigenvalue weighted by molar-refractivity contribution is 0.0514. The van der Waals surface area contributed by atoms with E-state index in [1.165, 1.54) is 38.7 Å². The second kappa shape index (κ2) is 11.9. The summed E-state index contributed by atoms with van der Waals surface area (Å²) in [7, 11) is 2.13. The van der Waals surface area contributed by atoms with E-state index in [4.69, 9.17) is 9.47 Å². The van der Waals surface area contributed by atoms with Crippen LogP contribution >= 0.6 is 8.58 Å². The molecule has 4 aromatic rings. The summed E-state index contributed by atoms with van der Waals surface area (Å²) < 4.78 is 11.4. The topological polar surface area (TPSA) is 21.7 Å². The van der Waals surface area contributed by atoms with Gasteiger partial charge in [-0.1, -0.05) is 90.0 Å². The number of methoxy groups -OCH3 is 1. The van der Waals surface area contributed by atoms with Crippen LogP contribution in [0, 0.1) is 13.8 Å². The highest BCUT2D eigenvalue weighted by molar-refractivity contribution is 7.56. The van der Waals surface area contributed by atoms with Gasteiger partial charge in [-0.3, -0.25) is 0 Å². The van der Waals surface area contributed by atoms with Gasteiger partial charge in [-0.2, -0.15) is 0 Å². The normalized spacial score (nSPS) is 11.7. The zero-order valence-electron chi connectivity index (χ0n) is 22.8. The summed E-state index contributed by atoms with van der Waals surface area (Å²) in [5.41, 5.74) is 7.50. The zero-order chi connectivity index (χ0) is 26.4. The quantitative estimate of drug-likeness (QED) is 0.171. The molecule has 0 spiro atoms. The first kappa shape index (κ1) is 26.9. The van der Waals surface area contributed by atoms with E-state index in [1.807, 2.05) is 0 Å². The van der Waals surface area contributed by atoms with Crippen molar-refractivity contribution in [2.45, 2.75) is 46.6 Å². The second-order valence-corrected chi connectivity index (χ2v) is 11.8. The predicted octanol–water partition coefficient (Wildman–Crippen LogP) is 7.55. The van der Waals surface area contributed by atoms with Crippen molar-refractivity contribution in [3.05, 3.63) is 113 Å².